The largest absolute Gasteiger partial charge is 0.351 e. The summed E-state index contributed by atoms with van der Waals surface area (Å²) in [6.07, 6.45) is 12.7. The van der Waals surface area contributed by atoms with E-state index in [0.29, 0.717) is 12.6 Å². The lowest BCUT2D eigenvalue weighted by molar-refractivity contribution is 0.0944. The normalized spacial score (nSPS) is 16.6. The first-order valence-corrected chi connectivity index (χ1v) is 13.6. The number of carbonyl (C=O) groups excluding carboxylic acids is 1. The third-order valence-corrected chi connectivity index (χ3v) is 7.96. The van der Waals surface area contributed by atoms with Gasteiger partial charge in [-0.25, -0.2) is 0 Å². The quantitative estimate of drug-likeness (QED) is 0.406. The fourth-order valence-corrected chi connectivity index (χ4v) is 5.91. The summed E-state index contributed by atoms with van der Waals surface area (Å²) < 4.78 is 2.43. The molecule has 1 N–H and O–H groups in total. The molecule has 1 aromatic heterocycles. The van der Waals surface area contributed by atoms with Crippen LogP contribution in [-0.2, 0) is 12.8 Å². The molecule has 4 heteroatoms. The molecule has 3 aromatic rings. The third kappa shape index (κ3) is 5.54. The van der Waals surface area contributed by atoms with Gasteiger partial charge in [0.15, 0.2) is 0 Å². The number of aryl methyl sites for hydroxylation is 1. The van der Waals surface area contributed by atoms with Crippen LogP contribution >= 0.6 is 0 Å². The Kier molecular flexibility index (Phi) is 7.68. The Hall–Kier alpha value is -2.85. The molecule has 0 radical (unpaired) electrons. The lowest BCUT2D eigenvalue weighted by Gasteiger charge is -2.31. The number of benzene rings is 2. The Morgan fingerprint density at radius 2 is 1.63 bits per heavy atom. The number of aromatic nitrogens is 1. The number of rotatable bonds is 7. The highest BCUT2D eigenvalue weighted by Gasteiger charge is 2.20. The molecule has 4 nitrogen and oxygen atoms in total. The van der Waals surface area contributed by atoms with Crippen molar-refractivity contribution in [1.29, 1.82) is 0 Å². The van der Waals surface area contributed by atoms with Crippen LogP contribution in [0.3, 0.4) is 0 Å². The molecular formula is C31H39N3O. The molecule has 0 saturated heterocycles. The number of nitrogens with one attached hydrogen (secondary N) is 1. The van der Waals surface area contributed by atoms with E-state index in [1.807, 2.05) is 12.1 Å². The first-order valence-electron chi connectivity index (χ1n) is 13.6. The van der Waals surface area contributed by atoms with E-state index in [9.17, 15) is 4.79 Å². The lowest BCUT2D eigenvalue weighted by atomic mass is 9.94. The standard InChI is InChI=1S/C31H39N3O/c1-33(27-14-8-4-9-15-27)22-21-32-31(35)25-17-19-28(20-18-25)34-29-16-10-3-7-13-26(29)23-30(34)24-11-5-2-6-12-24/h2,5-6,11-12,17-20,23,27H,3-4,7-10,13-16,21-22H2,1H3,(H,32,35). The van der Waals surface area contributed by atoms with Gasteiger partial charge < -0.3 is 14.8 Å². The minimum atomic E-state index is 0.0169. The second-order valence-corrected chi connectivity index (χ2v) is 10.3. The summed E-state index contributed by atoms with van der Waals surface area (Å²) in [7, 11) is 2.20. The fraction of sp³-hybridized carbons (Fsp3) is 0.452. The van der Waals surface area contributed by atoms with Gasteiger partial charge in [-0.1, -0.05) is 56.0 Å². The van der Waals surface area contributed by atoms with E-state index in [2.05, 4.69) is 70.4 Å². The van der Waals surface area contributed by atoms with Gasteiger partial charge in [0.2, 0.25) is 0 Å². The summed E-state index contributed by atoms with van der Waals surface area (Å²) in [4.78, 5) is 15.3. The summed E-state index contributed by atoms with van der Waals surface area (Å²) in [6, 6.07) is 21.9. The number of likely N-dealkylation sites (N-methyl/N-ethyl adjacent to an activating group) is 1. The zero-order chi connectivity index (χ0) is 24.0. The van der Waals surface area contributed by atoms with Crippen molar-refractivity contribution in [2.24, 2.45) is 0 Å². The maximum atomic E-state index is 12.8. The van der Waals surface area contributed by atoms with Crippen molar-refractivity contribution in [2.75, 3.05) is 20.1 Å². The maximum absolute atomic E-state index is 12.8. The molecule has 2 aliphatic rings. The van der Waals surface area contributed by atoms with E-state index >= 15 is 0 Å². The maximum Gasteiger partial charge on any atom is 0.251 e. The molecule has 35 heavy (non-hydrogen) atoms. The molecule has 0 atom stereocenters. The summed E-state index contributed by atoms with van der Waals surface area (Å²) in [5.41, 5.74) is 7.27. The summed E-state index contributed by atoms with van der Waals surface area (Å²) >= 11 is 0. The zero-order valence-corrected chi connectivity index (χ0v) is 21.1. The number of amides is 1. The second-order valence-electron chi connectivity index (χ2n) is 10.3. The van der Waals surface area contributed by atoms with Crippen LogP contribution < -0.4 is 5.32 Å². The summed E-state index contributed by atoms with van der Waals surface area (Å²) in [5.74, 6) is 0.0169. The Balaban J connectivity index is 1.30. The highest BCUT2D eigenvalue weighted by atomic mass is 16.1. The molecular weight excluding hydrogens is 430 g/mol. The minimum Gasteiger partial charge on any atom is -0.351 e. The molecule has 0 aliphatic heterocycles. The third-order valence-electron chi connectivity index (χ3n) is 7.96. The number of carbonyl (C=O) groups is 1. The van der Waals surface area contributed by atoms with E-state index in [-0.39, 0.29) is 5.91 Å². The van der Waals surface area contributed by atoms with Gasteiger partial charge in [-0.3, -0.25) is 4.79 Å². The number of fused-ring (bicyclic) bond motifs is 1. The van der Waals surface area contributed by atoms with Gasteiger partial charge in [-0.2, -0.15) is 0 Å². The van der Waals surface area contributed by atoms with Gasteiger partial charge in [-0.05, 0) is 87.0 Å². The Bertz CT molecular complexity index is 1110. The Labute approximate surface area is 210 Å². The highest BCUT2D eigenvalue weighted by Crippen LogP contribution is 2.33. The van der Waals surface area contributed by atoms with Gasteiger partial charge >= 0.3 is 0 Å². The van der Waals surface area contributed by atoms with Crippen LogP contribution in [0.5, 0.6) is 0 Å². The van der Waals surface area contributed by atoms with Crippen molar-refractivity contribution in [2.45, 2.75) is 70.3 Å². The van der Waals surface area contributed by atoms with Crippen LogP contribution in [0, 0.1) is 0 Å². The Morgan fingerprint density at radius 3 is 2.40 bits per heavy atom. The number of hydrogen-bond donors (Lipinski definition) is 1. The SMILES string of the molecule is CN(CCNC(=O)c1ccc(-n2c(-c3ccccc3)cc3c2CCCCC3)cc1)C1CCCCC1. The van der Waals surface area contributed by atoms with Crippen LogP contribution in [0.25, 0.3) is 16.9 Å². The monoisotopic (exact) mass is 469 g/mol. The summed E-state index contributed by atoms with van der Waals surface area (Å²) in [5, 5.41) is 3.13. The van der Waals surface area contributed by atoms with Crippen LogP contribution in [0.2, 0.25) is 0 Å². The molecule has 184 valence electrons. The second kappa shape index (κ2) is 11.3. The zero-order valence-electron chi connectivity index (χ0n) is 21.1. The van der Waals surface area contributed by atoms with Crippen LogP contribution in [0.15, 0.2) is 60.7 Å². The molecule has 1 heterocycles. The van der Waals surface area contributed by atoms with Crippen molar-refractivity contribution in [3.63, 3.8) is 0 Å². The molecule has 0 bridgehead atoms. The predicted octanol–water partition coefficient (Wildman–Crippen LogP) is 6.41. The van der Waals surface area contributed by atoms with E-state index in [1.165, 1.54) is 73.9 Å². The lowest BCUT2D eigenvalue weighted by Crippen LogP contribution is -2.39. The van der Waals surface area contributed by atoms with E-state index in [0.717, 1.165) is 30.6 Å². The molecule has 5 rings (SSSR count). The molecule has 2 aliphatic carbocycles. The topological polar surface area (TPSA) is 37.3 Å². The van der Waals surface area contributed by atoms with Gasteiger partial charge in [0, 0.05) is 36.1 Å². The molecule has 1 amide bonds. The highest BCUT2D eigenvalue weighted by molar-refractivity contribution is 5.94. The van der Waals surface area contributed by atoms with Gasteiger partial charge in [-0.15, -0.1) is 0 Å². The van der Waals surface area contributed by atoms with E-state index in [1.54, 1.807) is 0 Å². The fourth-order valence-electron chi connectivity index (χ4n) is 5.91. The first kappa shape index (κ1) is 23.9. The van der Waals surface area contributed by atoms with Gasteiger partial charge in [0.05, 0.1) is 5.69 Å². The molecule has 1 fully saturated rings. The van der Waals surface area contributed by atoms with E-state index in [4.69, 9.17) is 0 Å². The van der Waals surface area contributed by atoms with Crippen LogP contribution in [-0.4, -0.2) is 41.6 Å². The first-order chi connectivity index (χ1) is 17.2. The van der Waals surface area contributed by atoms with Gasteiger partial charge in [0.1, 0.15) is 0 Å². The summed E-state index contributed by atoms with van der Waals surface area (Å²) in [6.45, 7) is 1.60. The Morgan fingerprint density at radius 1 is 0.914 bits per heavy atom. The van der Waals surface area contributed by atoms with Crippen LogP contribution in [0.1, 0.15) is 73.0 Å². The van der Waals surface area contributed by atoms with Crippen molar-refractivity contribution in [1.82, 2.24) is 14.8 Å². The average molecular weight is 470 g/mol. The van der Waals surface area contributed by atoms with Crippen molar-refractivity contribution >= 4 is 5.91 Å². The number of nitrogens with zero attached hydrogens (tertiary/aromatic N) is 2. The van der Waals surface area contributed by atoms with Gasteiger partial charge in [0.25, 0.3) is 5.91 Å². The molecule has 2 aromatic carbocycles. The van der Waals surface area contributed by atoms with Crippen LogP contribution in [0.4, 0.5) is 0 Å². The smallest absolute Gasteiger partial charge is 0.251 e. The number of hydrogen-bond acceptors (Lipinski definition) is 2. The average Bonchev–Trinajstić information content (AvgIpc) is 3.12. The molecule has 1 saturated carbocycles. The van der Waals surface area contributed by atoms with Crippen molar-refractivity contribution in [3.05, 3.63) is 77.5 Å². The van der Waals surface area contributed by atoms with E-state index < -0.39 is 0 Å². The van der Waals surface area contributed by atoms with Crippen molar-refractivity contribution in [3.8, 4) is 16.9 Å². The minimum absolute atomic E-state index is 0.0169. The molecule has 0 spiro atoms. The van der Waals surface area contributed by atoms with Crippen molar-refractivity contribution < 1.29 is 4.79 Å². The molecule has 0 unspecified atom stereocenters. The predicted molar refractivity (Wildman–Crippen MR) is 144 cm³/mol.